The molecule has 0 radical (unpaired) electrons. The molecule has 100 valence electrons. The van der Waals surface area contributed by atoms with Crippen LogP contribution in [0.4, 0.5) is 0 Å². The Labute approximate surface area is 110 Å². The molecule has 0 atom stereocenters. The van der Waals surface area contributed by atoms with Gasteiger partial charge in [-0.25, -0.2) is 0 Å². The van der Waals surface area contributed by atoms with E-state index in [2.05, 4.69) is 5.43 Å². The number of para-hydroxylation sites is 1. The van der Waals surface area contributed by atoms with E-state index >= 15 is 0 Å². The van der Waals surface area contributed by atoms with Gasteiger partial charge in [0.15, 0.2) is 0 Å². The lowest BCUT2D eigenvalue weighted by molar-refractivity contribution is -0.156. The quantitative estimate of drug-likeness (QED) is 0.777. The molecule has 1 fully saturated rings. The zero-order chi connectivity index (χ0) is 13.8. The number of nitrogens with zero attached hydrogens (tertiary/aromatic N) is 1. The molecule has 0 aliphatic carbocycles. The number of carbonyl (C=O) groups is 3. The normalized spacial score (nSPS) is 15.5. The Balaban J connectivity index is 1.99. The van der Waals surface area contributed by atoms with Crippen molar-refractivity contribution in [2.75, 3.05) is 0 Å². The van der Waals surface area contributed by atoms with Gasteiger partial charge in [-0.15, -0.1) is 0 Å². The number of carbonyl (C=O) groups excluding carboxylic acids is 3. The van der Waals surface area contributed by atoms with Crippen LogP contribution < -0.4 is 5.43 Å². The summed E-state index contributed by atoms with van der Waals surface area (Å²) >= 11 is 0. The first-order valence-electron chi connectivity index (χ1n) is 6.00. The third-order valence-corrected chi connectivity index (χ3v) is 2.86. The molecular weight excluding hydrogens is 248 g/mol. The van der Waals surface area contributed by atoms with E-state index in [-0.39, 0.29) is 25.0 Å². The maximum Gasteiger partial charge on any atom is 0.248 e. The molecule has 6 nitrogen and oxygen atoms in total. The molecule has 2 N–H and O–H groups in total. The molecular formula is C13H14N2O4. The zero-order valence-electron chi connectivity index (χ0n) is 10.3. The fraction of sp³-hybridized carbons (Fsp3) is 0.308. The Morgan fingerprint density at radius 1 is 1.21 bits per heavy atom. The summed E-state index contributed by atoms with van der Waals surface area (Å²) in [5.74, 6) is -1.30. The van der Waals surface area contributed by atoms with Crippen LogP contribution in [-0.2, 0) is 20.8 Å². The molecule has 2 rings (SSSR count). The van der Waals surface area contributed by atoms with Crippen LogP contribution in [0.15, 0.2) is 24.3 Å². The Kier molecular flexibility index (Phi) is 3.79. The van der Waals surface area contributed by atoms with Gasteiger partial charge in [-0.2, -0.15) is 5.01 Å². The summed E-state index contributed by atoms with van der Waals surface area (Å²) in [7, 11) is 0. The summed E-state index contributed by atoms with van der Waals surface area (Å²) in [6, 6.07) is 6.42. The number of aromatic hydroxyl groups is 1. The summed E-state index contributed by atoms with van der Waals surface area (Å²) in [6.07, 6.45) is 0.929. The number of amides is 3. The predicted molar refractivity (Wildman–Crippen MR) is 65.7 cm³/mol. The van der Waals surface area contributed by atoms with Gasteiger partial charge in [0.1, 0.15) is 5.75 Å². The van der Waals surface area contributed by atoms with Crippen LogP contribution in [0.2, 0.25) is 0 Å². The smallest absolute Gasteiger partial charge is 0.248 e. The first-order valence-corrected chi connectivity index (χ1v) is 6.00. The van der Waals surface area contributed by atoms with E-state index in [0.717, 1.165) is 5.01 Å². The Morgan fingerprint density at radius 2 is 1.84 bits per heavy atom. The highest BCUT2D eigenvalue weighted by molar-refractivity contribution is 5.99. The number of phenolic OH excluding ortho intramolecular Hbond substituents is 1. The first-order chi connectivity index (χ1) is 9.08. The van der Waals surface area contributed by atoms with Gasteiger partial charge in [-0.05, 0) is 12.5 Å². The van der Waals surface area contributed by atoms with Crippen LogP contribution in [0.5, 0.6) is 5.75 Å². The van der Waals surface area contributed by atoms with Gasteiger partial charge >= 0.3 is 0 Å². The average Bonchev–Trinajstić information content (AvgIpc) is 2.37. The molecule has 1 saturated heterocycles. The third kappa shape index (κ3) is 3.09. The van der Waals surface area contributed by atoms with E-state index in [0.29, 0.717) is 12.0 Å². The monoisotopic (exact) mass is 262 g/mol. The topological polar surface area (TPSA) is 86.7 Å². The van der Waals surface area contributed by atoms with Gasteiger partial charge in [-0.3, -0.25) is 19.8 Å². The van der Waals surface area contributed by atoms with Crippen LogP contribution in [0.1, 0.15) is 24.8 Å². The van der Waals surface area contributed by atoms with Crippen molar-refractivity contribution >= 4 is 17.7 Å². The minimum absolute atomic E-state index is 0.00828. The van der Waals surface area contributed by atoms with Crippen molar-refractivity contribution < 1.29 is 19.5 Å². The number of hydrogen-bond acceptors (Lipinski definition) is 4. The van der Waals surface area contributed by atoms with Gasteiger partial charge < -0.3 is 5.11 Å². The molecule has 0 spiro atoms. The zero-order valence-corrected chi connectivity index (χ0v) is 10.3. The summed E-state index contributed by atoms with van der Waals surface area (Å²) in [4.78, 5) is 34.8. The van der Waals surface area contributed by atoms with Crippen LogP contribution in [0.25, 0.3) is 0 Å². The lowest BCUT2D eigenvalue weighted by atomic mass is 10.1. The molecule has 1 aliphatic heterocycles. The Bertz CT molecular complexity index is 511. The number of hydrazine groups is 1. The SMILES string of the molecule is O=C(Cc1ccccc1O)NN1C(=O)CCCC1=O. The van der Waals surface area contributed by atoms with Crippen molar-refractivity contribution in [3.05, 3.63) is 29.8 Å². The minimum Gasteiger partial charge on any atom is -0.508 e. The van der Waals surface area contributed by atoms with Crippen molar-refractivity contribution in [1.29, 1.82) is 0 Å². The highest BCUT2D eigenvalue weighted by atomic mass is 16.3. The second-order valence-electron chi connectivity index (χ2n) is 4.32. The first kappa shape index (κ1) is 13.1. The predicted octanol–water partition coefficient (Wildman–Crippen LogP) is 0.505. The Morgan fingerprint density at radius 3 is 2.47 bits per heavy atom. The third-order valence-electron chi connectivity index (χ3n) is 2.86. The second kappa shape index (κ2) is 5.51. The van der Waals surface area contributed by atoms with Gasteiger partial charge in [0.2, 0.25) is 17.7 Å². The van der Waals surface area contributed by atoms with Gasteiger partial charge in [0.05, 0.1) is 6.42 Å². The molecule has 3 amide bonds. The van der Waals surface area contributed by atoms with Crippen LogP contribution >= 0.6 is 0 Å². The van der Waals surface area contributed by atoms with E-state index < -0.39 is 17.7 Å². The number of piperidine rings is 1. The van der Waals surface area contributed by atoms with Crippen molar-refractivity contribution in [3.63, 3.8) is 0 Å². The fourth-order valence-corrected chi connectivity index (χ4v) is 1.88. The minimum atomic E-state index is -0.509. The second-order valence-corrected chi connectivity index (χ2v) is 4.32. The average molecular weight is 262 g/mol. The van der Waals surface area contributed by atoms with Gasteiger partial charge in [0.25, 0.3) is 0 Å². The van der Waals surface area contributed by atoms with Crippen molar-refractivity contribution in [2.24, 2.45) is 0 Å². The summed E-state index contributed by atoms with van der Waals surface area (Å²) < 4.78 is 0. The molecule has 0 aromatic heterocycles. The number of imide groups is 1. The van der Waals surface area contributed by atoms with Crippen molar-refractivity contribution in [1.82, 2.24) is 10.4 Å². The van der Waals surface area contributed by atoms with Crippen LogP contribution in [0, 0.1) is 0 Å². The summed E-state index contributed by atoms with van der Waals surface area (Å²) in [5, 5.41) is 10.3. The number of nitrogens with one attached hydrogen (secondary N) is 1. The molecule has 0 unspecified atom stereocenters. The number of hydrogen-bond donors (Lipinski definition) is 2. The van der Waals surface area contributed by atoms with E-state index in [1.165, 1.54) is 6.07 Å². The number of benzene rings is 1. The molecule has 0 bridgehead atoms. The van der Waals surface area contributed by atoms with E-state index in [4.69, 9.17) is 0 Å². The highest BCUT2D eigenvalue weighted by Crippen LogP contribution is 2.16. The molecule has 1 aliphatic rings. The molecule has 1 aromatic carbocycles. The van der Waals surface area contributed by atoms with E-state index in [9.17, 15) is 19.5 Å². The lowest BCUT2D eigenvalue weighted by Crippen LogP contribution is -2.52. The molecule has 0 saturated carbocycles. The molecule has 19 heavy (non-hydrogen) atoms. The largest absolute Gasteiger partial charge is 0.508 e. The number of rotatable bonds is 3. The van der Waals surface area contributed by atoms with Gasteiger partial charge in [0, 0.05) is 18.4 Å². The Hall–Kier alpha value is -2.37. The lowest BCUT2D eigenvalue weighted by Gasteiger charge is -2.24. The standard InChI is InChI=1S/C13H14N2O4/c16-10-5-2-1-4-9(10)8-11(17)14-15-12(18)6-3-7-13(15)19/h1-2,4-5,16H,3,6-8H2,(H,14,17). The summed E-state index contributed by atoms with van der Waals surface area (Å²) in [5.41, 5.74) is 2.72. The van der Waals surface area contributed by atoms with Crippen LogP contribution in [-0.4, -0.2) is 27.8 Å². The fourth-order valence-electron chi connectivity index (χ4n) is 1.88. The van der Waals surface area contributed by atoms with Crippen LogP contribution in [0.3, 0.4) is 0 Å². The summed E-state index contributed by atoms with van der Waals surface area (Å²) in [6.45, 7) is 0. The molecule has 6 heteroatoms. The maximum absolute atomic E-state index is 11.8. The van der Waals surface area contributed by atoms with E-state index in [1.54, 1.807) is 18.2 Å². The molecule has 1 heterocycles. The van der Waals surface area contributed by atoms with Gasteiger partial charge in [-0.1, -0.05) is 18.2 Å². The highest BCUT2D eigenvalue weighted by Gasteiger charge is 2.27. The van der Waals surface area contributed by atoms with Crippen molar-refractivity contribution in [3.8, 4) is 5.75 Å². The maximum atomic E-state index is 11.8. The van der Waals surface area contributed by atoms with Crippen molar-refractivity contribution in [2.45, 2.75) is 25.7 Å². The molecule has 1 aromatic rings. The number of phenols is 1. The van der Waals surface area contributed by atoms with E-state index in [1.807, 2.05) is 0 Å².